The van der Waals surface area contributed by atoms with Gasteiger partial charge >= 0.3 is 0 Å². The summed E-state index contributed by atoms with van der Waals surface area (Å²) in [7, 11) is 0. The van der Waals surface area contributed by atoms with Crippen molar-refractivity contribution in [3.63, 3.8) is 0 Å². The minimum atomic E-state index is 0.140. The third-order valence-corrected chi connectivity index (χ3v) is 4.28. The predicted octanol–water partition coefficient (Wildman–Crippen LogP) is 2.58. The van der Waals surface area contributed by atoms with Crippen LogP contribution < -0.4 is 10.2 Å². The van der Waals surface area contributed by atoms with Gasteiger partial charge in [0.15, 0.2) is 0 Å². The second-order valence-electron chi connectivity index (χ2n) is 5.93. The third-order valence-electron chi connectivity index (χ3n) is 4.28. The van der Waals surface area contributed by atoms with Gasteiger partial charge in [0.25, 0.3) is 0 Å². The molecular formula is C19H23N3O. The summed E-state index contributed by atoms with van der Waals surface area (Å²) in [6.45, 7) is 2.64. The Kier molecular flexibility index (Phi) is 5.25. The van der Waals surface area contributed by atoms with Crippen molar-refractivity contribution in [2.45, 2.75) is 25.7 Å². The number of benzene rings is 1. The van der Waals surface area contributed by atoms with E-state index < -0.39 is 0 Å². The van der Waals surface area contributed by atoms with Crippen molar-refractivity contribution >= 4 is 11.6 Å². The topological polar surface area (TPSA) is 45.2 Å². The van der Waals surface area contributed by atoms with Crippen molar-refractivity contribution in [3.05, 3.63) is 59.9 Å². The Bertz CT molecular complexity index is 642. The lowest BCUT2D eigenvalue weighted by Gasteiger charge is -2.19. The van der Waals surface area contributed by atoms with Crippen molar-refractivity contribution in [1.29, 1.82) is 0 Å². The molecule has 1 aromatic heterocycles. The standard InChI is InChI=1S/C19H23N3O/c23-19(9-3-5-16-6-4-11-20-15-16)21-12-14-22-13-10-17-7-1-2-8-18(17)22/h1-2,4,6-8,11,15H,3,5,9-10,12-14H2,(H,21,23). The Labute approximate surface area is 137 Å². The van der Waals surface area contributed by atoms with Gasteiger partial charge in [0.05, 0.1) is 0 Å². The van der Waals surface area contributed by atoms with Crippen LogP contribution in [0.1, 0.15) is 24.0 Å². The van der Waals surface area contributed by atoms with Gasteiger partial charge in [-0.15, -0.1) is 0 Å². The molecule has 0 saturated heterocycles. The fourth-order valence-corrected chi connectivity index (χ4v) is 3.06. The summed E-state index contributed by atoms with van der Waals surface area (Å²) >= 11 is 0. The number of carbonyl (C=O) groups excluding carboxylic acids is 1. The Balaban J connectivity index is 1.34. The molecule has 0 unspecified atom stereocenters. The highest BCUT2D eigenvalue weighted by Gasteiger charge is 2.17. The molecule has 2 heterocycles. The number of para-hydroxylation sites is 1. The second kappa shape index (κ2) is 7.77. The molecule has 120 valence electrons. The maximum Gasteiger partial charge on any atom is 0.220 e. The Hall–Kier alpha value is -2.36. The van der Waals surface area contributed by atoms with Crippen LogP contribution in [0, 0.1) is 0 Å². The van der Waals surface area contributed by atoms with Gasteiger partial charge < -0.3 is 10.2 Å². The first-order valence-corrected chi connectivity index (χ1v) is 8.31. The van der Waals surface area contributed by atoms with E-state index in [1.807, 2.05) is 12.3 Å². The van der Waals surface area contributed by atoms with Gasteiger partial charge in [-0.05, 0) is 42.5 Å². The zero-order valence-corrected chi connectivity index (χ0v) is 13.4. The lowest BCUT2D eigenvalue weighted by atomic mass is 10.1. The normalized spacial score (nSPS) is 13.0. The molecule has 1 amide bonds. The van der Waals surface area contributed by atoms with Crippen molar-refractivity contribution in [2.24, 2.45) is 0 Å². The summed E-state index contributed by atoms with van der Waals surface area (Å²) in [4.78, 5) is 18.3. The Morgan fingerprint density at radius 1 is 1.22 bits per heavy atom. The van der Waals surface area contributed by atoms with Crippen LogP contribution in [0.15, 0.2) is 48.8 Å². The monoisotopic (exact) mass is 309 g/mol. The fourth-order valence-electron chi connectivity index (χ4n) is 3.06. The summed E-state index contributed by atoms with van der Waals surface area (Å²) in [5.41, 5.74) is 3.92. The highest BCUT2D eigenvalue weighted by Crippen LogP contribution is 2.26. The first-order valence-electron chi connectivity index (χ1n) is 8.31. The van der Waals surface area contributed by atoms with Gasteiger partial charge in [0.2, 0.25) is 5.91 Å². The minimum Gasteiger partial charge on any atom is -0.369 e. The molecule has 3 rings (SSSR count). The van der Waals surface area contributed by atoms with Gasteiger partial charge in [0.1, 0.15) is 0 Å². The smallest absolute Gasteiger partial charge is 0.220 e. The lowest BCUT2D eigenvalue weighted by molar-refractivity contribution is -0.121. The first-order chi connectivity index (χ1) is 11.3. The van der Waals surface area contributed by atoms with Crippen LogP contribution in [-0.2, 0) is 17.6 Å². The molecule has 23 heavy (non-hydrogen) atoms. The number of nitrogens with one attached hydrogen (secondary N) is 1. The summed E-state index contributed by atoms with van der Waals surface area (Å²) in [5, 5.41) is 3.03. The molecule has 1 aromatic carbocycles. The summed E-state index contributed by atoms with van der Waals surface area (Å²) in [6.07, 6.45) is 7.08. The van der Waals surface area contributed by atoms with Crippen LogP contribution in [0.3, 0.4) is 0 Å². The number of hydrogen-bond donors (Lipinski definition) is 1. The fraction of sp³-hybridized carbons (Fsp3) is 0.368. The van der Waals surface area contributed by atoms with Gasteiger partial charge in [0, 0.05) is 44.1 Å². The number of rotatable bonds is 7. The van der Waals surface area contributed by atoms with Gasteiger partial charge in [-0.1, -0.05) is 24.3 Å². The van der Waals surface area contributed by atoms with Crippen LogP contribution in [0.4, 0.5) is 5.69 Å². The zero-order valence-electron chi connectivity index (χ0n) is 13.4. The molecule has 0 bridgehead atoms. The number of hydrogen-bond acceptors (Lipinski definition) is 3. The van der Waals surface area contributed by atoms with E-state index in [-0.39, 0.29) is 5.91 Å². The Morgan fingerprint density at radius 2 is 2.13 bits per heavy atom. The number of amides is 1. The molecule has 4 nitrogen and oxygen atoms in total. The second-order valence-corrected chi connectivity index (χ2v) is 5.93. The molecule has 0 atom stereocenters. The van der Waals surface area contributed by atoms with Crippen molar-refractivity contribution < 1.29 is 4.79 Å². The summed E-state index contributed by atoms with van der Waals surface area (Å²) < 4.78 is 0. The largest absolute Gasteiger partial charge is 0.369 e. The highest BCUT2D eigenvalue weighted by molar-refractivity contribution is 5.75. The van der Waals surface area contributed by atoms with Crippen LogP contribution >= 0.6 is 0 Å². The zero-order chi connectivity index (χ0) is 15.9. The van der Waals surface area contributed by atoms with Crippen LogP contribution in [0.5, 0.6) is 0 Å². The number of aromatic nitrogens is 1. The maximum absolute atomic E-state index is 11.9. The van der Waals surface area contributed by atoms with Crippen LogP contribution in [-0.4, -0.2) is 30.5 Å². The summed E-state index contributed by atoms with van der Waals surface area (Å²) in [5.74, 6) is 0.140. The molecule has 0 saturated carbocycles. The molecular weight excluding hydrogens is 286 g/mol. The number of carbonyl (C=O) groups is 1. The molecule has 2 aromatic rings. The molecule has 0 fully saturated rings. The van der Waals surface area contributed by atoms with Crippen molar-refractivity contribution in [1.82, 2.24) is 10.3 Å². The molecule has 0 spiro atoms. The number of pyridine rings is 1. The number of anilines is 1. The molecule has 1 N–H and O–H groups in total. The van der Waals surface area contributed by atoms with E-state index >= 15 is 0 Å². The minimum absolute atomic E-state index is 0.140. The third kappa shape index (κ3) is 4.31. The van der Waals surface area contributed by atoms with E-state index in [0.29, 0.717) is 13.0 Å². The average Bonchev–Trinajstić information content (AvgIpc) is 2.99. The number of aryl methyl sites for hydroxylation is 1. The van der Waals surface area contributed by atoms with E-state index in [1.165, 1.54) is 16.8 Å². The van der Waals surface area contributed by atoms with Gasteiger partial charge in [-0.3, -0.25) is 9.78 Å². The van der Waals surface area contributed by atoms with Crippen LogP contribution in [0.25, 0.3) is 0 Å². The SMILES string of the molecule is O=C(CCCc1cccnc1)NCCN1CCc2ccccc21. The number of fused-ring (bicyclic) bond motifs is 1. The first kappa shape index (κ1) is 15.5. The van der Waals surface area contributed by atoms with E-state index in [9.17, 15) is 4.79 Å². The quantitative estimate of drug-likeness (QED) is 0.855. The van der Waals surface area contributed by atoms with E-state index in [4.69, 9.17) is 0 Å². The predicted molar refractivity (Wildman–Crippen MR) is 92.5 cm³/mol. The van der Waals surface area contributed by atoms with E-state index in [2.05, 4.69) is 45.5 Å². The van der Waals surface area contributed by atoms with Crippen LogP contribution in [0.2, 0.25) is 0 Å². The lowest BCUT2D eigenvalue weighted by Crippen LogP contribution is -2.34. The number of nitrogens with zero attached hydrogens (tertiary/aromatic N) is 2. The maximum atomic E-state index is 11.9. The van der Waals surface area contributed by atoms with Crippen molar-refractivity contribution in [2.75, 3.05) is 24.5 Å². The Morgan fingerprint density at radius 3 is 3.00 bits per heavy atom. The molecule has 4 heteroatoms. The van der Waals surface area contributed by atoms with E-state index in [1.54, 1.807) is 6.20 Å². The van der Waals surface area contributed by atoms with Crippen molar-refractivity contribution in [3.8, 4) is 0 Å². The molecule has 0 radical (unpaired) electrons. The summed E-state index contributed by atoms with van der Waals surface area (Å²) in [6, 6.07) is 12.5. The molecule has 1 aliphatic heterocycles. The van der Waals surface area contributed by atoms with Gasteiger partial charge in [-0.25, -0.2) is 0 Å². The molecule has 0 aliphatic carbocycles. The van der Waals surface area contributed by atoms with E-state index in [0.717, 1.165) is 32.4 Å². The molecule has 1 aliphatic rings. The average molecular weight is 309 g/mol. The van der Waals surface area contributed by atoms with Gasteiger partial charge in [-0.2, -0.15) is 0 Å². The highest BCUT2D eigenvalue weighted by atomic mass is 16.1.